The number of carbonyl (C=O) groups is 1. The molecule has 1 unspecified atom stereocenters. The molecule has 1 heterocycles. The van der Waals surface area contributed by atoms with Crippen LogP contribution in [0.4, 0.5) is 0 Å². The summed E-state index contributed by atoms with van der Waals surface area (Å²) in [5.41, 5.74) is -0.915. The molecule has 0 aliphatic carbocycles. The van der Waals surface area contributed by atoms with Gasteiger partial charge in [-0.2, -0.15) is 5.10 Å². The van der Waals surface area contributed by atoms with E-state index in [0.29, 0.717) is 11.1 Å². The van der Waals surface area contributed by atoms with Crippen LogP contribution in [0.3, 0.4) is 0 Å². The fraction of sp³-hybridized carbons (Fsp3) is 0.211. The van der Waals surface area contributed by atoms with Crippen molar-refractivity contribution < 1.29 is 9.90 Å². The van der Waals surface area contributed by atoms with Crippen LogP contribution >= 0.6 is 23.5 Å². The zero-order chi connectivity index (χ0) is 18.6. The number of aromatic nitrogens is 3. The highest BCUT2D eigenvalue weighted by Crippen LogP contribution is 2.53. The van der Waals surface area contributed by atoms with Crippen molar-refractivity contribution in [2.24, 2.45) is 0 Å². The molecule has 0 spiro atoms. The predicted molar refractivity (Wildman–Crippen MR) is 106 cm³/mol. The standard InChI is InChI=1S/C19H19N3O2S2/c1-25-19(26-2,22-14-20-13-21-22)18(24,16-11-7-4-8-12-16)17(23)15-9-5-3-6-10-15/h3-14,24H,1-2H3. The van der Waals surface area contributed by atoms with Crippen molar-refractivity contribution in [2.75, 3.05) is 12.5 Å². The number of hydrogen-bond donors (Lipinski definition) is 1. The average molecular weight is 386 g/mol. The molecule has 0 saturated heterocycles. The number of Topliss-reactive ketones (excluding diaryl/α,β-unsaturated/α-hetero) is 1. The Morgan fingerprint density at radius 1 is 1.00 bits per heavy atom. The minimum Gasteiger partial charge on any atom is -0.373 e. The second-order valence-electron chi connectivity index (χ2n) is 5.60. The van der Waals surface area contributed by atoms with Crippen molar-refractivity contribution in [3.8, 4) is 0 Å². The molecule has 0 radical (unpaired) electrons. The van der Waals surface area contributed by atoms with Crippen LogP contribution in [-0.4, -0.2) is 38.2 Å². The number of nitrogens with zero attached hydrogens (tertiary/aromatic N) is 3. The van der Waals surface area contributed by atoms with Gasteiger partial charge in [0.05, 0.1) is 0 Å². The molecule has 1 aromatic heterocycles. The molecular weight excluding hydrogens is 366 g/mol. The van der Waals surface area contributed by atoms with Crippen molar-refractivity contribution in [1.82, 2.24) is 14.8 Å². The van der Waals surface area contributed by atoms with Gasteiger partial charge in [-0.25, -0.2) is 9.67 Å². The largest absolute Gasteiger partial charge is 0.373 e. The van der Waals surface area contributed by atoms with Gasteiger partial charge in [0.15, 0.2) is 9.80 Å². The van der Waals surface area contributed by atoms with Crippen LogP contribution < -0.4 is 0 Å². The van der Waals surface area contributed by atoms with Gasteiger partial charge in [0, 0.05) is 5.56 Å². The Labute approximate surface area is 160 Å². The quantitative estimate of drug-likeness (QED) is 0.497. The van der Waals surface area contributed by atoms with E-state index in [1.54, 1.807) is 41.1 Å². The lowest BCUT2D eigenvalue weighted by atomic mass is 9.85. The molecule has 134 valence electrons. The molecule has 0 aliphatic heterocycles. The highest BCUT2D eigenvalue weighted by molar-refractivity contribution is 8.16. The summed E-state index contributed by atoms with van der Waals surface area (Å²) in [7, 11) is 0. The van der Waals surface area contributed by atoms with E-state index in [9.17, 15) is 9.90 Å². The summed E-state index contributed by atoms with van der Waals surface area (Å²) in [5.74, 6) is -0.386. The molecule has 3 aromatic rings. The molecule has 0 bridgehead atoms. The molecule has 1 atom stereocenters. The normalized spacial score (nSPS) is 14.0. The molecule has 0 amide bonds. The van der Waals surface area contributed by atoms with Gasteiger partial charge < -0.3 is 5.11 Å². The van der Waals surface area contributed by atoms with Crippen LogP contribution in [0.25, 0.3) is 0 Å². The number of rotatable bonds is 7. The maximum atomic E-state index is 13.6. The summed E-state index contributed by atoms with van der Waals surface area (Å²) in [6, 6.07) is 17.8. The van der Waals surface area contributed by atoms with E-state index in [1.807, 2.05) is 36.8 Å². The molecule has 2 aromatic carbocycles. The molecule has 0 fully saturated rings. The highest BCUT2D eigenvalue weighted by Gasteiger charge is 2.58. The topological polar surface area (TPSA) is 68.0 Å². The Hall–Kier alpha value is -2.09. The molecular formula is C19H19N3O2S2. The van der Waals surface area contributed by atoms with Crippen LogP contribution in [0.2, 0.25) is 0 Å². The van der Waals surface area contributed by atoms with E-state index in [1.165, 1.54) is 36.2 Å². The fourth-order valence-corrected chi connectivity index (χ4v) is 5.27. The SMILES string of the molecule is CSC(SC)(n1cncn1)C(O)(C(=O)c1ccccc1)c1ccccc1. The Balaban J connectivity index is 2.29. The number of aliphatic hydroxyl groups is 1. The first-order chi connectivity index (χ1) is 12.6. The molecule has 0 aliphatic rings. The average Bonchev–Trinajstić information content (AvgIpc) is 3.25. The summed E-state index contributed by atoms with van der Waals surface area (Å²) in [6.45, 7) is 0. The van der Waals surface area contributed by atoms with Crippen molar-refractivity contribution in [3.05, 3.63) is 84.4 Å². The lowest BCUT2D eigenvalue weighted by molar-refractivity contribution is 0.00742. The number of hydrogen-bond acceptors (Lipinski definition) is 6. The summed E-state index contributed by atoms with van der Waals surface area (Å²) in [6.07, 6.45) is 6.63. The summed E-state index contributed by atoms with van der Waals surface area (Å²) >= 11 is 2.70. The van der Waals surface area contributed by atoms with Crippen molar-refractivity contribution in [3.63, 3.8) is 0 Å². The minimum absolute atomic E-state index is 0.386. The van der Waals surface area contributed by atoms with Gasteiger partial charge in [-0.1, -0.05) is 60.7 Å². The van der Waals surface area contributed by atoms with E-state index in [-0.39, 0.29) is 5.78 Å². The first-order valence-corrected chi connectivity index (χ1v) is 10.4. The zero-order valence-corrected chi connectivity index (χ0v) is 16.1. The minimum atomic E-state index is -1.86. The lowest BCUT2D eigenvalue weighted by Gasteiger charge is -2.44. The van der Waals surface area contributed by atoms with Crippen LogP contribution in [0, 0.1) is 0 Å². The maximum Gasteiger partial charge on any atom is 0.203 e. The molecule has 5 nitrogen and oxygen atoms in total. The van der Waals surface area contributed by atoms with Crippen LogP contribution in [0.1, 0.15) is 15.9 Å². The van der Waals surface area contributed by atoms with Crippen molar-refractivity contribution >= 4 is 29.3 Å². The smallest absolute Gasteiger partial charge is 0.203 e. The van der Waals surface area contributed by atoms with E-state index < -0.39 is 9.80 Å². The predicted octanol–water partition coefficient (Wildman–Crippen LogP) is 3.39. The van der Waals surface area contributed by atoms with Gasteiger partial charge in [-0.3, -0.25) is 4.79 Å². The van der Waals surface area contributed by atoms with Gasteiger partial charge in [0.2, 0.25) is 5.78 Å². The van der Waals surface area contributed by atoms with Crippen LogP contribution in [0.15, 0.2) is 73.3 Å². The van der Waals surface area contributed by atoms with Gasteiger partial charge >= 0.3 is 0 Å². The number of benzene rings is 2. The monoisotopic (exact) mass is 385 g/mol. The molecule has 0 saturated carbocycles. The third-order valence-corrected chi connectivity index (χ3v) is 7.36. The van der Waals surface area contributed by atoms with Crippen LogP contribution in [-0.2, 0) is 9.80 Å². The Bertz CT molecular complexity index is 853. The van der Waals surface area contributed by atoms with Crippen molar-refractivity contribution in [1.29, 1.82) is 0 Å². The first-order valence-electron chi connectivity index (χ1n) is 7.93. The van der Waals surface area contributed by atoms with Crippen LogP contribution in [0.5, 0.6) is 0 Å². The van der Waals surface area contributed by atoms with E-state index in [0.717, 1.165) is 0 Å². The van der Waals surface area contributed by atoms with E-state index in [4.69, 9.17) is 0 Å². The summed E-state index contributed by atoms with van der Waals surface area (Å²) in [4.78, 5) is 17.6. The summed E-state index contributed by atoms with van der Waals surface area (Å²) in [5, 5.41) is 16.3. The highest BCUT2D eigenvalue weighted by atomic mass is 32.2. The Morgan fingerprint density at radius 3 is 2.08 bits per heavy atom. The zero-order valence-electron chi connectivity index (χ0n) is 14.4. The van der Waals surface area contributed by atoms with Crippen molar-refractivity contribution in [2.45, 2.75) is 9.80 Å². The van der Waals surface area contributed by atoms with Gasteiger partial charge in [0.1, 0.15) is 12.7 Å². The Kier molecular flexibility index (Phi) is 5.50. The second-order valence-corrected chi connectivity index (χ2v) is 7.86. The third-order valence-electron chi connectivity index (χ3n) is 4.29. The Morgan fingerprint density at radius 2 is 1.58 bits per heavy atom. The first kappa shape index (κ1) is 18.7. The number of carbonyl (C=O) groups excluding carboxylic acids is 1. The van der Waals surface area contributed by atoms with Gasteiger partial charge in [-0.05, 0) is 18.1 Å². The lowest BCUT2D eigenvalue weighted by Crippen LogP contribution is -2.54. The number of thioether (sulfide) groups is 2. The molecule has 3 rings (SSSR count). The van der Waals surface area contributed by atoms with E-state index >= 15 is 0 Å². The van der Waals surface area contributed by atoms with Gasteiger partial charge in [-0.15, -0.1) is 23.5 Å². The third kappa shape index (κ3) is 2.86. The second kappa shape index (κ2) is 7.65. The molecule has 26 heavy (non-hydrogen) atoms. The molecule has 1 N–H and O–H groups in total. The van der Waals surface area contributed by atoms with Gasteiger partial charge in [0.25, 0.3) is 0 Å². The molecule has 7 heteroatoms. The fourth-order valence-electron chi connectivity index (χ4n) is 3.03. The summed E-state index contributed by atoms with van der Waals surface area (Å²) < 4.78 is 0.425. The number of ketones is 1. The maximum absolute atomic E-state index is 13.6. The van der Waals surface area contributed by atoms with E-state index in [2.05, 4.69) is 10.1 Å².